The molecule has 0 spiro atoms. The van der Waals surface area contributed by atoms with Crippen molar-refractivity contribution in [2.24, 2.45) is 0 Å². The van der Waals surface area contributed by atoms with Crippen molar-refractivity contribution < 1.29 is 42.1 Å². The summed E-state index contributed by atoms with van der Waals surface area (Å²) in [5.74, 6) is 3.25. The van der Waals surface area contributed by atoms with E-state index in [-0.39, 0.29) is 42.1 Å². The molecule has 96 heavy (non-hydrogen) atoms. The van der Waals surface area contributed by atoms with Crippen LogP contribution < -0.4 is 29.8 Å². The minimum Gasteiger partial charge on any atom is -0.581 e. The van der Waals surface area contributed by atoms with Crippen LogP contribution in [0.4, 0.5) is 23.3 Å². The number of aromatic nitrogens is 8. The van der Waals surface area contributed by atoms with Crippen LogP contribution in [0, 0.1) is 25.5 Å². The topological polar surface area (TPSA) is 119 Å². The van der Waals surface area contributed by atoms with Gasteiger partial charge in [-0.25, -0.2) is 19.9 Å². The van der Waals surface area contributed by atoms with Crippen molar-refractivity contribution >= 4 is 23.3 Å². The summed E-state index contributed by atoms with van der Waals surface area (Å²) in [5, 5.41) is 18.1. The maximum Gasteiger partial charge on any atom is 0.142 e. The van der Waals surface area contributed by atoms with Crippen molar-refractivity contribution in [1.82, 2.24) is 40.3 Å². The van der Waals surface area contributed by atoms with Gasteiger partial charge in [0.15, 0.2) is 0 Å². The van der Waals surface area contributed by atoms with Gasteiger partial charge in [-0.15, -0.1) is 22.3 Å². The van der Waals surface area contributed by atoms with Crippen molar-refractivity contribution in [3.8, 4) is 44.5 Å². The summed E-state index contributed by atoms with van der Waals surface area (Å²) < 4.78 is 0. The number of nitrogens with zero attached hydrogens (tertiary/aromatic N) is 12. The molecule has 0 atom stereocenters. The Kier molecular flexibility index (Phi) is 13.9. The van der Waals surface area contributed by atoms with Crippen LogP contribution in [0.5, 0.6) is 0 Å². The third-order valence-electron chi connectivity index (χ3n) is 20.4. The Labute approximate surface area is 585 Å². The quantitative estimate of drug-likeness (QED) is 0.135. The molecule has 20 rings (SSSR count). The Bertz CT molecular complexity index is 5160. The molecule has 0 fully saturated rings. The second-order valence-electron chi connectivity index (χ2n) is 24.7. The van der Waals surface area contributed by atoms with Crippen molar-refractivity contribution in [1.29, 1.82) is 0 Å². The molecule has 0 amide bonds. The summed E-state index contributed by atoms with van der Waals surface area (Å²) in [6, 6.07) is 94.8. The van der Waals surface area contributed by atoms with Gasteiger partial charge in [0.25, 0.3) is 0 Å². The summed E-state index contributed by atoms with van der Waals surface area (Å²) in [6.07, 6.45) is 10.6. The van der Waals surface area contributed by atoms with Crippen molar-refractivity contribution in [3.05, 3.63) is 383 Å². The van der Waals surface area contributed by atoms with Gasteiger partial charge in [-0.3, -0.25) is 0 Å². The van der Waals surface area contributed by atoms with Gasteiger partial charge in [-0.05, 0) is 103 Å². The number of hydrogen-bond acceptors (Lipinski definition) is 10. The molecule has 4 aromatic heterocycles. The Morgan fingerprint density at radius 1 is 0.333 bits per heavy atom. The van der Waals surface area contributed by atoms with Crippen LogP contribution in [0.25, 0.3) is 44.5 Å². The van der Waals surface area contributed by atoms with E-state index in [2.05, 4.69) is 286 Å². The van der Waals surface area contributed by atoms with E-state index < -0.39 is 21.9 Å². The molecule has 6 aliphatic rings. The Balaban J connectivity index is 0.000000142. The van der Waals surface area contributed by atoms with E-state index in [0.29, 0.717) is 0 Å². The van der Waals surface area contributed by atoms with Gasteiger partial charge in [0.05, 0.1) is 16.4 Å². The van der Waals surface area contributed by atoms with Crippen molar-refractivity contribution in [2.45, 2.75) is 21.9 Å². The zero-order valence-electron chi connectivity index (χ0n) is 51.7. The van der Waals surface area contributed by atoms with Gasteiger partial charge in [0.1, 0.15) is 23.3 Å². The molecule has 468 valence electrons. The van der Waals surface area contributed by atoms with E-state index in [4.69, 9.17) is 30.1 Å². The SMILES string of the molecule is CN1[CH-]N(C2(c3[c-]c(C4(c5cc[n-]n5)c5ccccc5-c5ccccc54)ccc3)c3ccccc3-c3ccccc32)c2nccnc21.CN1[CH-]N(C2(c3c[c-]c(C4(c5cc[n-]n5)c5ccccc5-c5ccccc54)cc3)c3ccccc3-c3ccccc32)c2nccnc21.[Pt].[Pt]. The van der Waals surface area contributed by atoms with Crippen LogP contribution in [0.15, 0.2) is 280 Å². The van der Waals surface area contributed by atoms with Crippen LogP contribution >= 0.6 is 0 Å². The van der Waals surface area contributed by atoms with E-state index in [1.165, 1.54) is 89.0 Å². The largest absolute Gasteiger partial charge is 0.581 e. The molecule has 12 nitrogen and oxygen atoms in total. The molecule has 0 radical (unpaired) electrons. The standard InChI is InChI=1S/2C41H27N6.2Pt/c1-46-26-47(39-38(46)42-23-24-43-39)41(35-19-8-4-15-31(35)32-16-5-9-20-36(32)41)28-12-10-11-27(25-28)40(37-21-22-44-45-37)33-17-6-2-13-29(33)30-14-3-7-18-34(30)40;1-46-26-47(39-38(46)42-24-25-43-39)41(35-16-8-4-12-31(35)32-13-5-9-17-36(32)41)28-20-18-27(19-21-28)40(37-22-23-44-45-37)33-14-6-2-10-29(33)30-11-3-7-15-34(30)40;;/h2-24,26H,1H3;2-18,20-26H,1H3;;/q2*-3;;. The number of hydrogen-bond donors (Lipinski definition) is 0. The zero-order chi connectivity index (χ0) is 62.3. The van der Waals surface area contributed by atoms with Gasteiger partial charge < -0.3 is 40.0 Å². The molecule has 14 heteroatoms. The van der Waals surface area contributed by atoms with E-state index in [1.807, 2.05) is 26.2 Å². The number of benzene rings is 10. The molecule has 0 saturated heterocycles. The van der Waals surface area contributed by atoms with Crippen LogP contribution in [0.3, 0.4) is 0 Å². The molecule has 0 unspecified atom stereocenters. The molecule has 0 N–H and O–H groups in total. The minimum atomic E-state index is -0.782. The van der Waals surface area contributed by atoms with E-state index in [9.17, 15) is 0 Å². The monoisotopic (exact) mass is 1600 g/mol. The van der Waals surface area contributed by atoms with Gasteiger partial charge in [-0.2, -0.15) is 74.3 Å². The first-order chi connectivity index (χ1) is 46.5. The van der Waals surface area contributed by atoms with Gasteiger partial charge in [0, 0.05) is 83.8 Å². The summed E-state index contributed by atoms with van der Waals surface area (Å²) in [4.78, 5) is 28.0. The molecule has 14 aromatic rings. The van der Waals surface area contributed by atoms with E-state index in [1.54, 1.807) is 37.2 Å². The first kappa shape index (κ1) is 59.1. The minimum absolute atomic E-state index is 0. The third kappa shape index (κ3) is 7.79. The van der Waals surface area contributed by atoms with Crippen LogP contribution in [0.1, 0.15) is 78.1 Å². The molecule has 6 heterocycles. The van der Waals surface area contributed by atoms with Gasteiger partial charge >= 0.3 is 0 Å². The predicted octanol–water partition coefficient (Wildman–Crippen LogP) is 14.7. The fourth-order valence-electron chi connectivity index (χ4n) is 16.9. The van der Waals surface area contributed by atoms with E-state index in [0.717, 1.165) is 56.9 Å². The van der Waals surface area contributed by atoms with Crippen molar-refractivity contribution in [3.63, 3.8) is 0 Å². The van der Waals surface area contributed by atoms with Crippen LogP contribution in [-0.4, -0.2) is 44.2 Å². The second kappa shape index (κ2) is 22.5. The maximum absolute atomic E-state index is 4.92. The summed E-state index contributed by atoms with van der Waals surface area (Å²) in [5.41, 5.74) is 22.2. The smallest absolute Gasteiger partial charge is 0.142 e. The third-order valence-corrected chi connectivity index (χ3v) is 20.4. The first-order valence-corrected chi connectivity index (χ1v) is 31.6. The predicted molar refractivity (Wildman–Crippen MR) is 365 cm³/mol. The molecule has 0 bridgehead atoms. The fourth-order valence-corrected chi connectivity index (χ4v) is 16.9. The average Bonchev–Trinajstić information content (AvgIpc) is 1.59. The summed E-state index contributed by atoms with van der Waals surface area (Å²) in [7, 11) is 4.06. The molecule has 4 aliphatic carbocycles. The number of anilines is 4. The van der Waals surface area contributed by atoms with Crippen LogP contribution in [-0.2, 0) is 64.0 Å². The normalized spacial score (nSPS) is 15.6. The number of fused-ring (bicyclic) bond motifs is 14. The van der Waals surface area contributed by atoms with Crippen molar-refractivity contribution in [2.75, 3.05) is 33.7 Å². The van der Waals surface area contributed by atoms with Crippen LogP contribution in [0.2, 0.25) is 0 Å². The molecular formula is C82H54N12Pt2-6. The second-order valence-corrected chi connectivity index (χ2v) is 24.7. The first-order valence-electron chi connectivity index (χ1n) is 31.6. The number of rotatable bonds is 8. The molecule has 2 aliphatic heterocycles. The molecule has 10 aromatic carbocycles. The van der Waals surface area contributed by atoms with Gasteiger partial charge in [-0.1, -0.05) is 206 Å². The molecule has 0 saturated carbocycles. The van der Waals surface area contributed by atoms with Gasteiger partial charge in [0.2, 0.25) is 0 Å². The summed E-state index contributed by atoms with van der Waals surface area (Å²) in [6.45, 7) is 4.25. The zero-order valence-corrected chi connectivity index (χ0v) is 56.3. The fraction of sp³-hybridized carbons (Fsp3) is 0.0732. The summed E-state index contributed by atoms with van der Waals surface area (Å²) >= 11 is 0. The maximum atomic E-state index is 4.92. The molecular weight excluding hydrogens is 1540 g/mol. The Morgan fingerprint density at radius 3 is 1.04 bits per heavy atom. The van der Waals surface area contributed by atoms with E-state index >= 15 is 0 Å². The Morgan fingerprint density at radius 2 is 0.667 bits per heavy atom. The Hall–Kier alpha value is -10.6. The average molecular weight is 1600 g/mol.